The fraction of sp³-hybridized carbons (Fsp3) is 0.682. The van der Waals surface area contributed by atoms with Crippen LogP contribution in [0.3, 0.4) is 0 Å². The summed E-state index contributed by atoms with van der Waals surface area (Å²) < 4.78 is 11.8. The molecule has 26 heavy (non-hydrogen) atoms. The molecule has 0 bridgehead atoms. The quantitative estimate of drug-likeness (QED) is 0.472. The van der Waals surface area contributed by atoms with Gasteiger partial charge in [0.1, 0.15) is 11.4 Å². The predicted molar refractivity (Wildman–Crippen MR) is 109 cm³/mol. The molecular weight excluding hydrogens is 326 g/mol. The van der Waals surface area contributed by atoms with Crippen LogP contribution in [0, 0.1) is 6.92 Å². The summed E-state index contributed by atoms with van der Waals surface area (Å²) in [5.41, 5.74) is 1.02. The number of carbonyl (C=O) groups is 1. The highest BCUT2D eigenvalue weighted by Gasteiger charge is 2.33. The van der Waals surface area contributed by atoms with E-state index >= 15 is 0 Å². The van der Waals surface area contributed by atoms with Crippen molar-refractivity contribution in [3.63, 3.8) is 0 Å². The molecule has 0 heterocycles. The summed E-state index contributed by atoms with van der Waals surface area (Å²) in [7, 11) is 0. The van der Waals surface area contributed by atoms with Gasteiger partial charge in [-0.2, -0.15) is 0 Å². The van der Waals surface area contributed by atoms with Crippen LogP contribution in [0.1, 0.15) is 78.7 Å². The highest BCUT2D eigenvalue weighted by molar-refractivity contribution is 5.97. The molecule has 0 aromatic heterocycles. The van der Waals surface area contributed by atoms with E-state index in [-0.39, 0.29) is 12.0 Å². The summed E-state index contributed by atoms with van der Waals surface area (Å²) in [6, 6.07) is 5.79. The number of anilines is 1. The maximum atomic E-state index is 12.9. The highest BCUT2D eigenvalue weighted by atomic mass is 16.5. The second-order valence-electron chi connectivity index (χ2n) is 7.31. The highest BCUT2D eigenvalue weighted by Crippen LogP contribution is 2.26. The molecule has 1 aromatic carbocycles. The van der Waals surface area contributed by atoms with E-state index in [9.17, 15) is 4.79 Å². The standard InChI is InChI=1S/C22H37NO3/c1-7-10-11-14-22(6,25-15-8-2)21(24)23-19-12-13-20(17(4)16-19)26-18(5)9-3/h12-13,16,18H,7-11,14-15H2,1-6H3,(H,23,24)/t18-,22-/m1/s1. The SMILES string of the molecule is CCCCC[C@@](C)(OCCC)C(=O)Nc1ccc(O[C@H](C)CC)c(C)c1. The second-order valence-corrected chi connectivity index (χ2v) is 7.31. The lowest BCUT2D eigenvalue weighted by atomic mass is 9.96. The molecule has 4 nitrogen and oxygen atoms in total. The van der Waals surface area contributed by atoms with E-state index in [1.807, 2.05) is 32.0 Å². The molecule has 0 aliphatic carbocycles. The predicted octanol–water partition coefficient (Wildman–Crippen LogP) is 5.88. The van der Waals surface area contributed by atoms with Crippen molar-refractivity contribution in [3.8, 4) is 5.75 Å². The molecule has 1 rings (SSSR count). The van der Waals surface area contributed by atoms with E-state index in [0.717, 1.165) is 55.5 Å². The van der Waals surface area contributed by atoms with Crippen molar-refractivity contribution in [2.24, 2.45) is 0 Å². The summed E-state index contributed by atoms with van der Waals surface area (Å²) in [6.45, 7) is 12.9. The van der Waals surface area contributed by atoms with Crippen LogP contribution in [0.5, 0.6) is 5.75 Å². The Kier molecular flexibility index (Phi) is 9.71. The molecular formula is C22H37NO3. The molecule has 1 N–H and O–H groups in total. The van der Waals surface area contributed by atoms with Crippen molar-refractivity contribution in [2.75, 3.05) is 11.9 Å². The van der Waals surface area contributed by atoms with Gasteiger partial charge in [-0.05, 0) is 63.8 Å². The molecule has 0 aliphatic heterocycles. The van der Waals surface area contributed by atoms with Gasteiger partial charge >= 0.3 is 0 Å². The smallest absolute Gasteiger partial charge is 0.256 e. The Hall–Kier alpha value is -1.55. The number of nitrogens with one attached hydrogen (secondary N) is 1. The molecule has 0 radical (unpaired) electrons. The Labute approximate surface area is 159 Å². The maximum Gasteiger partial charge on any atom is 0.256 e. The minimum absolute atomic E-state index is 0.0722. The van der Waals surface area contributed by atoms with E-state index in [0.29, 0.717) is 6.61 Å². The molecule has 0 fully saturated rings. The van der Waals surface area contributed by atoms with Crippen LogP contribution in [0.25, 0.3) is 0 Å². The molecule has 1 aromatic rings. The van der Waals surface area contributed by atoms with Gasteiger partial charge < -0.3 is 14.8 Å². The number of benzene rings is 1. The van der Waals surface area contributed by atoms with E-state index in [1.54, 1.807) is 0 Å². The van der Waals surface area contributed by atoms with Crippen LogP contribution in [0.2, 0.25) is 0 Å². The van der Waals surface area contributed by atoms with Gasteiger partial charge in [0.25, 0.3) is 5.91 Å². The number of hydrogen-bond acceptors (Lipinski definition) is 3. The van der Waals surface area contributed by atoms with Crippen LogP contribution in [0.15, 0.2) is 18.2 Å². The Balaban J connectivity index is 2.82. The summed E-state index contributed by atoms with van der Waals surface area (Å²) in [5.74, 6) is 0.794. The Morgan fingerprint density at radius 3 is 2.50 bits per heavy atom. The van der Waals surface area contributed by atoms with Gasteiger partial charge in [0.05, 0.1) is 6.10 Å². The number of hydrogen-bond donors (Lipinski definition) is 1. The average Bonchev–Trinajstić information content (AvgIpc) is 2.62. The summed E-state index contributed by atoms with van der Waals surface area (Å²) in [4.78, 5) is 12.9. The number of carbonyl (C=O) groups excluding carboxylic acids is 1. The van der Waals surface area contributed by atoms with Gasteiger partial charge in [-0.15, -0.1) is 0 Å². The van der Waals surface area contributed by atoms with E-state index in [4.69, 9.17) is 9.47 Å². The zero-order valence-corrected chi connectivity index (χ0v) is 17.5. The van der Waals surface area contributed by atoms with Gasteiger partial charge in [0.15, 0.2) is 0 Å². The third-order valence-corrected chi connectivity index (χ3v) is 4.70. The van der Waals surface area contributed by atoms with Gasteiger partial charge in [0.2, 0.25) is 0 Å². The second kappa shape index (κ2) is 11.2. The van der Waals surface area contributed by atoms with E-state index in [1.165, 1.54) is 0 Å². The molecule has 0 saturated carbocycles. The van der Waals surface area contributed by atoms with Crippen molar-refractivity contribution >= 4 is 11.6 Å². The molecule has 1 amide bonds. The third kappa shape index (κ3) is 6.99. The van der Waals surface area contributed by atoms with Crippen LogP contribution in [0.4, 0.5) is 5.69 Å². The largest absolute Gasteiger partial charge is 0.490 e. The number of aryl methyl sites for hydroxylation is 1. The van der Waals surface area contributed by atoms with Gasteiger partial charge in [0, 0.05) is 12.3 Å². The lowest BCUT2D eigenvalue weighted by Crippen LogP contribution is -2.43. The molecule has 0 aliphatic rings. The first kappa shape index (κ1) is 22.5. The minimum Gasteiger partial charge on any atom is -0.490 e. The first-order valence-electron chi connectivity index (χ1n) is 10.1. The minimum atomic E-state index is -0.787. The zero-order valence-electron chi connectivity index (χ0n) is 17.5. The maximum absolute atomic E-state index is 12.9. The van der Waals surface area contributed by atoms with Gasteiger partial charge in [-0.3, -0.25) is 4.79 Å². The van der Waals surface area contributed by atoms with Gasteiger partial charge in [-0.1, -0.05) is 40.0 Å². The molecule has 0 spiro atoms. The lowest BCUT2D eigenvalue weighted by Gasteiger charge is -2.29. The first-order chi connectivity index (χ1) is 12.4. The van der Waals surface area contributed by atoms with Crippen molar-refractivity contribution in [2.45, 2.75) is 91.8 Å². The number of rotatable bonds is 12. The number of unbranched alkanes of at least 4 members (excludes halogenated alkanes) is 2. The molecule has 2 atom stereocenters. The molecule has 0 saturated heterocycles. The average molecular weight is 364 g/mol. The van der Waals surface area contributed by atoms with Crippen LogP contribution < -0.4 is 10.1 Å². The van der Waals surface area contributed by atoms with Crippen molar-refractivity contribution in [1.29, 1.82) is 0 Å². The Bertz CT molecular complexity index is 558. The summed E-state index contributed by atoms with van der Waals surface area (Å²) in [6.07, 6.45) is 6.01. The summed E-state index contributed by atoms with van der Waals surface area (Å²) >= 11 is 0. The normalized spacial score (nSPS) is 14.5. The first-order valence-corrected chi connectivity index (χ1v) is 10.1. The summed E-state index contributed by atoms with van der Waals surface area (Å²) in [5, 5.41) is 3.03. The van der Waals surface area contributed by atoms with Crippen LogP contribution in [-0.4, -0.2) is 24.2 Å². The number of ether oxygens (including phenoxy) is 2. The Morgan fingerprint density at radius 2 is 1.92 bits per heavy atom. The monoisotopic (exact) mass is 363 g/mol. The van der Waals surface area contributed by atoms with E-state index < -0.39 is 5.60 Å². The van der Waals surface area contributed by atoms with Crippen molar-refractivity contribution in [3.05, 3.63) is 23.8 Å². The van der Waals surface area contributed by atoms with Crippen molar-refractivity contribution in [1.82, 2.24) is 0 Å². The molecule has 148 valence electrons. The fourth-order valence-electron chi connectivity index (χ4n) is 2.71. The van der Waals surface area contributed by atoms with Crippen LogP contribution in [-0.2, 0) is 9.53 Å². The lowest BCUT2D eigenvalue weighted by molar-refractivity contribution is -0.140. The molecule has 4 heteroatoms. The molecule has 0 unspecified atom stereocenters. The number of amides is 1. The van der Waals surface area contributed by atoms with Gasteiger partial charge in [-0.25, -0.2) is 0 Å². The van der Waals surface area contributed by atoms with Crippen LogP contribution >= 0.6 is 0 Å². The van der Waals surface area contributed by atoms with Crippen molar-refractivity contribution < 1.29 is 14.3 Å². The van der Waals surface area contributed by atoms with E-state index in [2.05, 4.69) is 33.0 Å². The Morgan fingerprint density at radius 1 is 1.19 bits per heavy atom. The topological polar surface area (TPSA) is 47.6 Å². The fourth-order valence-corrected chi connectivity index (χ4v) is 2.71. The third-order valence-electron chi connectivity index (χ3n) is 4.70. The zero-order chi connectivity index (χ0) is 19.6.